The number of nitrogens with zero attached hydrogens (tertiary/aromatic N) is 2. The van der Waals surface area contributed by atoms with Crippen LogP contribution < -0.4 is 5.32 Å². The van der Waals surface area contributed by atoms with Crippen LogP contribution in [0.2, 0.25) is 0 Å². The van der Waals surface area contributed by atoms with Gasteiger partial charge in [-0.25, -0.2) is 4.79 Å². The summed E-state index contributed by atoms with van der Waals surface area (Å²) in [7, 11) is 0. The molecule has 2 heterocycles. The average molecular weight is 398 g/mol. The molecule has 2 saturated heterocycles. The minimum absolute atomic E-state index is 0.119. The topological polar surface area (TPSA) is 69.7 Å². The first-order valence-electron chi connectivity index (χ1n) is 11.0. The molecule has 1 aromatic rings. The lowest BCUT2D eigenvalue weighted by atomic mass is 9.75. The van der Waals surface area contributed by atoms with Crippen molar-refractivity contribution in [3.05, 3.63) is 35.9 Å². The monoisotopic (exact) mass is 397 g/mol. The summed E-state index contributed by atoms with van der Waals surface area (Å²) in [5, 5.41) is 2.93. The molecule has 1 N–H and O–H groups in total. The molecular formula is C23H31N3O3. The molecule has 1 spiro atoms. The van der Waals surface area contributed by atoms with Gasteiger partial charge in [0.05, 0.1) is 0 Å². The summed E-state index contributed by atoms with van der Waals surface area (Å²) in [6.45, 7) is 2.73. The Balaban J connectivity index is 1.40. The van der Waals surface area contributed by atoms with Crippen LogP contribution >= 0.6 is 0 Å². The summed E-state index contributed by atoms with van der Waals surface area (Å²) < 4.78 is 0. The predicted molar refractivity (Wildman–Crippen MR) is 110 cm³/mol. The van der Waals surface area contributed by atoms with Gasteiger partial charge in [-0.3, -0.25) is 14.5 Å². The summed E-state index contributed by atoms with van der Waals surface area (Å²) in [4.78, 5) is 41.7. The molecule has 6 nitrogen and oxygen atoms in total. The standard InChI is InChI=1S/C23H31N3O3/c1-2-17-10-12-23(13-11-17)21(28)26(22(29)24-23)16-20(27)25-14-6-9-19(25)15-18-7-4-3-5-8-18/h3-5,7-8,17,19H,2,6,9-16H2,1H3,(H,24,29). The molecule has 4 amide bonds. The van der Waals surface area contributed by atoms with Crippen molar-refractivity contribution in [1.29, 1.82) is 0 Å². The molecule has 1 aliphatic carbocycles. The van der Waals surface area contributed by atoms with Crippen LogP contribution in [-0.2, 0) is 16.0 Å². The van der Waals surface area contributed by atoms with Crippen molar-refractivity contribution in [2.24, 2.45) is 5.92 Å². The van der Waals surface area contributed by atoms with Crippen LogP contribution in [0.4, 0.5) is 4.79 Å². The van der Waals surface area contributed by atoms with E-state index in [9.17, 15) is 14.4 Å². The largest absolute Gasteiger partial charge is 0.338 e. The van der Waals surface area contributed by atoms with Crippen molar-refractivity contribution in [3.63, 3.8) is 0 Å². The van der Waals surface area contributed by atoms with Gasteiger partial charge >= 0.3 is 6.03 Å². The lowest BCUT2D eigenvalue weighted by Gasteiger charge is -2.34. The Labute approximate surface area is 172 Å². The third-order valence-corrected chi connectivity index (χ3v) is 7.09. The first kappa shape index (κ1) is 19.9. The number of imide groups is 1. The van der Waals surface area contributed by atoms with E-state index in [0.717, 1.165) is 43.4 Å². The van der Waals surface area contributed by atoms with Gasteiger partial charge in [0.2, 0.25) is 5.91 Å². The fourth-order valence-corrected chi connectivity index (χ4v) is 5.23. The maximum Gasteiger partial charge on any atom is 0.325 e. The number of rotatable bonds is 5. The Bertz CT molecular complexity index is 771. The Morgan fingerprint density at radius 1 is 1.14 bits per heavy atom. The number of benzene rings is 1. The summed E-state index contributed by atoms with van der Waals surface area (Å²) in [6, 6.07) is 9.90. The summed E-state index contributed by atoms with van der Waals surface area (Å²) >= 11 is 0. The number of carbonyl (C=O) groups is 3. The third-order valence-electron chi connectivity index (χ3n) is 7.09. The first-order valence-corrected chi connectivity index (χ1v) is 11.0. The normalized spacial score (nSPS) is 29.6. The van der Waals surface area contributed by atoms with Gasteiger partial charge in [0, 0.05) is 12.6 Å². The molecule has 0 radical (unpaired) electrons. The van der Waals surface area contributed by atoms with Crippen molar-refractivity contribution in [2.75, 3.05) is 13.1 Å². The molecule has 4 rings (SSSR count). The molecular weight excluding hydrogens is 366 g/mol. The molecule has 2 aliphatic heterocycles. The van der Waals surface area contributed by atoms with Crippen molar-refractivity contribution >= 4 is 17.8 Å². The van der Waals surface area contributed by atoms with Crippen LogP contribution in [0.25, 0.3) is 0 Å². The zero-order chi connectivity index (χ0) is 20.4. The zero-order valence-electron chi connectivity index (χ0n) is 17.2. The molecule has 156 valence electrons. The van der Waals surface area contributed by atoms with Crippen molar-refractivity contribution in [1.82, 2.24) is 15.1 Å². The first-order chi connectivity index (χ1) is 14.0. The highest BCUT2D eigenvalue weighted by Gasteiger charge is 2.53. The van der Waals surface area contributed by atoms with Crippen molar-refractivity contribution < 1.29 is 14.4 Å². The second-order valence-electron chi connectivity index (χ2n) is 8.83. The third kappa shape index (κ3) is 3.89. The van der Waals surface area contributed by atoms with Gasteiger partial charge in [0.25, 0.3) is 5.91 Å². The molecule has 1 saturated carbocycles. The van der Waals surface area contributed by atoms with Crippen molar-refractivity contribution in [3.8, 4) is 0 Å². The fourth-order valence-electron chi connectivity index (χ4n) is 5.23. The quantitative estimate of drug-likeness (QED) is 0.776. The van der Waals surface area contributed by atoms with Gasteiger partial charge < -0.3 is 10.2 Å². The smallest absolute Gasteiger partial charge is 0.325 e. The number of amides is 4. The molecule has 1 aromatic carbocycles. The predicted octanol–water partition coefficient (Wildman–Crippen LogP) is 3.11. The van der Waals surface area contributed by atoms with E-state index < -0.39 is 11.6 Å². The Morgan fingerprint density at radius 3 is 2.55 bits per heavy atom. The van der Waals surface area contributed by atoms with E-state index in [1.807, 2.05) is 23.1 Å². The van der Waals surface area contributed by atoms with Crippen LogP contribution in [0.1, 0.15) is 57.4 Å². The minimum atomic E-state index is -0.780. The molecule has 0 bridgehead atoms. The van der Waals surface area contributed by atoms with Crippen LogP contribution in [0.3, 0.4) is 0 Å². The van der Waals surface area contributed by atoms with Gasteiger partial charge in [-0.05, 0) is 56.4 Å². The molecule has 0 aromatic heterocycles. The van der Waals surface area contributed by atoms with Crippen LogP contribution in [0, 0.1) is 5.92 Å². The van der Waals surface area contributed by atoms with E-state index in [1.54, 1.807) is 0 Å². The maximum atomic E-state index is 13.1. The van der Waals surface area contributed by atoms with E-state index in [-0.39, 0.29) is 24.4 Å². The highest BCUT2D eigenvalue weighted by molar-refractivity contribution is 6.09. The van der Waals surface area contributed by atoms with Gasteiger partial charge in [0.15, 0.2) is 0 Å². The number of urea groups is 1. The molecule has 3 aliphatic rings. The lowest BCUT2D eigenvalue weighted by Crippen LogP contribution is -2.50. The molecule has 29 heavy (non-hydrogen) atoms. The van der Waals surface area contributed by atoms with Gasteiger partial charge in [-0.15, -0.1) is 0 Å². The maximum absolute atomic E-state index is 13.1. The zero-order valence-corrected chi connectivity index (χ0v) is 17.2. The fraction of sp³-hybridized carbons (Fsp3) is 0.609. The molecule has 3 fully saturated rings. The Kier molecular flexibility index (Phi) is 5.61. The van der Waals surface area contributed by atoms with Crippen molar-refractivity contribution in [2.45, 2.75) is 69.9 Å². The van der Waals surface area contributed by atoms with Gasteiger partial charge in [-0.1, -0.05) is 43.7 Å². The number of likely N-dealkylation sites (tertiary alicyclic amines) is 1. The average Bonchev–Trinajstić information content (AvgIpc) is 3.28. The van der Waals surface area contributed by atoms with E-state index in [4.69, 9.17) is 0 Å². The summed E-state index contributed by atoms with van der Waals surface area (Å²) in [5.74, 6) is 0.305. The lowest BCUT2D eigenvalue weighted by molar-refractivity contribution is -0.140. The highest BCUT2D eigenvalue weighted by Crippen LogP contribution is 2.37. The number of carbonyl (C=O) groups excluding carboxylic acids is 3. The van der Waals surface area contributed by atoms with Crippen LogP contribution in [0.5, 0.6) is 0 Å². The second kappa shape index (κ2) is 8.17. The number of nitrogens with one attached hydrogen (secondary N) is 1. The number of hydrogen-bond donors (Lipinski definition) is 1. The number of hydrogen-bond acceptors (Lipinski definition) is 3. The second-order valence-corrected chi connectivity index (χ2v) is 8.83. The van der Waals surface area contributed by atoms with Crippen LogP contribution in [0.15, 0.2) is 30.3 Å². The van der Waals surface area contributed by atoms with Gasteiger partial charge in [-0.2, -0.15) is 0 Å². The summed E-state index contributed by atoms with van der Waals surface area (Å²) in [5.41, 5.74) is 0.427. The Morgan fingerprint density at radius 2 is 1.86 bits per heavy atom. The summed E-state index contributed by atoms with van der Waals surface area (Å²) in [6.07, 6.45) is 7.12. The molecule has 1 atom stereocenters. The molecule has 1 unspecified atom stereocenters. The Hall–Kier alpha value is -2.37. The van der Waals surface area contributed by atoms with Gasteiger partial charge in [0.1, 0.15) is 12.1 Å². The minimum Gasteiger partial charge on any atom is -0.338 e. The van der Waals surface area contributed by atoms with Crippen LogP contribution in [-0.4, -0.2) is 52.3 Å². The molecule has 6 heteroatoms. The van der Waals surface area contributed by atoms with E-state index in [2.05, 4.69) is 24.4 Å². The van der Waals surface area contributed by atoms with E-state index in [0.29, 0.717) is 25.3 Å². The van der Waals surface area contributed by atoms with E-state index >= 15 is 0 Å². The SMILES string of the molecule is CCC1CCC2(CC1)NC(=O)N(CC(=O)N1CCCC1Cc1ccccc1)C2=O. The highest BCUT2D eigenvalue weighted by atomic mass is 16.2. The van der Waals surface area contributed by atoms with E-state index in [1.165, 1.54) is 5.56 Å².